The molecule has 1 saturated carbocycles. The highest BCUT2D eigenvalue weighted by Crippen LogP contribution is 2.37. The van der Waals surface area contributed by atoms with E-state index >= 15 is 0 Å². The second kappa shape index (κ2) is 4.13. The van der Waals surface area contributed by atoms with E-state index in [0.29, 0.717) is 11.8 Å². The smallest absolute Gasteiger partial charge is 0.260 e. The average Bonchev–Trinajstić information content (AvgIpc) is 1.99. The molecule has 14 heavy (non-hydrogen) atoms. The number of halogens is 2. The minimum absolute atomic E-state index is 0.00579. The average molecular weight is 205 g/mol. The van der Waals surface area contributed by atoms with Crippen LogP contribution >= 0.6 is 0 Å². The Morgan fingerprint density at radius 2 is 1.57 bits per heavy atom. The Morgan fingerprint density at radius 1 is 1.14 bits per heavy atom. The monoisotopic (exact) mass is 205 g/mol. The largest absolute Gasteiger partial charge is 0.322 e. The molecule has 0 saturated heterocycles. The summed E-state index contributed by atoms with van der Waals surface area (Å²) >= 11 is 0. The van der Waals surface area contributed by atoms with Gasteiger partial charge in [0.15, 0.2) is 0 Å². The van der Waals surface area contributed by atoms with Crippen LogP contribution in [0.1, 0.15) is 40.0 Å². The van der Waals surface area contributed by atoms with Gasteiger partial charge in [0.2, 0.25) is 0 Å². The van der Waals surface area contributed by atoms with Gasteiger partial charge in [-0.1, -0.05) is 13.8 Å². The summed E-state index contributed by atoms with van der Waals surface area (Å²) in [6.45, 7) is 5.19. The van der Waals surface area contributed by atoms with Gasteiger partial charge in [0.05, 0.1) is 6.04 Å². The molecule has 0 aliphatic heterocycles. The van der Waals surface area contributed by atoms with E-state index in [1.807, 2.05) is 0 Å². The highest BCUT2D eigenvalue weighted by atomic mass is 19.3. The van der Waals surface area contributed by atoms with Crippen LogP contribution in [0.2, 0.25) is 0 Å². The normalized spacial score (nSPS) is 36.9. The Hall–Kier alpha value is -0.180. The minimum atomic E-state index is -2.73. The fraction of sp³-hybridized carbons (Fsp3) is 1.00. The molecule has 0 aromatic rings. The first kappa shape index (κ1) is 11.9. The van der Waals surface area contributed by atoms with Crippen LogP contribution in [0.5, 0.6) is 0 Å². The van der Waals surface area contributed by atoms with Crippen molar-refractivity contribution in [2.45, 2.75) is 52.0 Å². The van der Waals surface area contributed by atoms with Crippen molar-refractivity contribution in [2.24, 2.45) is 23.5 Å². The first-order valence-electron chi connectivity index (χ1n) is 5.44. The van der Waals surface area contributed by atoms with Crippen LogP contribution < -0.4 is 5.73 Å². The number of rotatable bonds is 2. The Balaban J connectivity index is 2.59. The molecule has 0 heterocycles. The predicted octanol–water partition coefficient (Wildman–Crippen LogP) is 3.04. The molecule has 84 valence electrons. The molecule has 0 amide bonds. The molecule has 0 spiro atoms. The van der Waals surface area contributed by atoms with E-state index in [2.05, 4.69) is 13.8 Å². The lowest BCUT2D eigenvalue weighted by atomic mass is 9.73. The highest BCUT2D eigenvalue weighted by Gasteiger charge is 2.39. The van der Waals surface area contributed by atoms with Crippen molar-refractivity contribution in [3.05, 3.63) is 0 Å². The van der Waals surface area contributed by atoms with Crippen LogP contribution in [0.3, 0.4) is 0 Å². The van der Waals surface area contributed by atoms with Gasteiger partial charge in [0.25, 0.3) is 5.92 Å². The van der Waals surface area contributed by atoms with E-state index in [0.717, 1.165) is 26.2 Å². The fourth-order valence-electron chi connectivity index (χ4n) is 2.72. The van der Waals surface area contributed by atoms with Crippen molar-refractivity contribution in [3.8, 4) is 0 Å². The van der Waals surface area contributed by atoms with Gasteiger partial charge in [0, 0.05) is 6.92 Å². The Bertz CT molecular complexity index is 178. The van der Waals surface area contributed by atoms with Gasteiger partial charge in [-0.3, -0.25) is 0 Å². The fourth-order valence-corrected chi connectivity index (χ4v) is 2.72. The van der Waals surface area contributed by atoms with Crippen molar-refractivity contribution in [2.75, 3.05) is 0 Å². The molecule has 3 heteroatoms. The summed E-state index contributed by atoms with van der Waals surface area (Å²) in [6.07, 6.45) is 2.86. The topological polar surface area (TPSA) is 26.0 Å². The zero-order valence-corrected chi connectivity index (χ0v) is 9.26. The van der Waals surface area contributed by atoms with Gasteiger partial charge in [-0.25, -0.2) is 8.78 Å². The van der Waals surface area contributed by atoms with Gasteiger partial charge in [-0.15, -0.1) is 0 Å². The first-order valence-corrected chi connectivity index (χ1v) is 5.44. The van der Waals surface area contributed by atoms with E-state index in [9.17, 15) is 8.78 Å². The van der Waals surface area contributed by atoms with Gasteiger partial charge in [-0.2, -0.15) is 0 Å². The third-order valence-corrected chi connectivity index (χ3v) is 3.31. The molecular formula is C11H21F2N. The van der Waals surface area contributed by atoms with E-state index in [1.54, 1.807) is 0 Å². The molecule has 2 N–H and O–H groups in total. The first-order chi connectivity index (χ1) is 6.30. The van der Waals surface area contributed by atoms with E-state index < -0.39 is 12.0 Å². The van der Waals surface area contributed by atoms with E-state index in [4.69, 9.17) is 5.73 Å². The van der Waals surface area contributed by atoms with Crippen LogP contribution in [0.4, 0.5) is 8.78 Å². The predicted molar refractivity (Wildman–Crippen MR) is 54.3 cm³/mol. The summed E-state index contributed by atoms with van der Waals surface area (Å²) in [6, 6.07) is -0.965. The molecule has 0 radical (unpaired) electrons. The lowest BCUT2D eigenvalue weighted by Gasteiger charge is -2.36. The molecule has 3 unspecified atom stereocenters. The zero-order chi connectivity index (χ0) is 10.9. The Labute approximate surface area is 85.1 Å². The summed E-state index contributed by atoms with van der Waals surface area (Å²) in [5, 5.41) is 0. The molecule has 1 aliphatic rings. The maximum Gasteiger partial charge on any atom is 0.260 e. The quantitative estimate of drug-likeness (QED) is 0.736. The van der Waals surface area contributed by atoms with Crippen molar-refractivity contribution in [3.63, 3.8) is 0 Å². The van der Waals surface area contributed by atoms with Crippen LogP contribution in [-0.4, -0.2) is 12.0 Å². The third-order valence-electron chi connectivity index (χ3n) is 3.31. The maximum absolute atomic E-state index is 13.0. The summed E-state index contributed by atoms with van der Waals surface area (Å²) in [5.74, 6) is -1.66. The summed E-state index contributed by atoms with van der Waals surface area (Å²) in [7, 11) is 0. The van der Waals surface area contributed by atoms with Crippen LogP contribution in [0.15, 0.2) is 0 Å². The van der Waals surface area contributed by atoms with E-state index in [1.165, 1.54) is 0 Å². The molecule has 3 atom stereocenters. The van der Waals surface area contributed by atoms with E-state index in [-0.39, 0.29) is 5.92 Å². The molecule has 1 aliphatic carbocycles. The van der Waals surface area contributed by atoms with Gasteiger partial charge < -0.3 is 5.73 Å². The van der Waals surface area contributed by atoms with Crippen molar-refractivity contribution < 1.29 is 8.78 Å². The van der Waals surface area contributed by atoms with Gasteiger partial charge in [-0.05, 0) is 37.0 Å². The number of hydrogen-bond donors (Lipinski definition) is 1. The second-order valence-electron chi connectivity index (χ2n) is 5.16. The number of hydrogen-bond acceptors (Lipinski definition) is 1. The van der Waals surface area contributed by atoms with Crippen molar-refractivity contribution in [1.29, 1.82) is 0 Å². The number of alkyl halides is 2. The summed E-state index contributed by atoms with van der Waals surface area (Å²) in [5.41, 5.74) is 5.60. The molecule has 1 nitrogen and oxygen atoms in total. The molecule has 1 rings (SSSR count). The molecular weight excluding hydrogens is 184 g/mol. The lowest BCUT2D eigenvalue weighted by molar-refractivity contribution is -0.0363. The third kappa shape index (κ3) is 2.91. The molecule has 1 fully saturated rings. The van der Waals surface area contributed by atoms with Crippen LogP contribution in [0, 0.1) is 17.8 Å². The Morgan fingerprint density at radius 3 is 1.93 bits per heavy atom. The van der Waals surface area contributed by atoms with Crippen LogP contribution in [0.25, 0.3) is 0 Å². The summed E-state index contributed by atoms with van der Waals surface area (Å²) in [4.78, 5) is 0. The molecule has 0 aromatic carbocycles. The summed E-state index contributed by atoms with van der Waals surface area (Å²) < 4.78 is 26.1. The second-order valence-corrected chi connectivity index (χ2v) is 5.16. The Kier molecular flexibility index (Phi) is 3.51. The van der Waals surface area contributed by atoms with Crippen molar-refractivity contribution >= 4 is 0 Å². The SMILES string of the molecule is CC1CC(C)CC(C(N)C(C)(F)F)C1. The molecule has 0 bridgehead atoms. The highest BCUT2D eigenvalue weighted by molar-refractivity contribution is 4.87. The van der Waals surface area contributed by atoms with Gasteiger partial charge >= 0.3 is 0 Å². The van der Waals surface area contributed by atoms with Crippen molar-refractivity contribution in [1.82, 2.24) is 0 Å². The standard InChI is InChI=1S/C11H21F2N/c1-7-4-8(2)6-9(5-7)10(14)11(3,12)13/h7-10H,4-6,14H2,1-3H3. The minimum Gasteiger partial charge on any atom is -0.322 e. The van der Waals surface area contributed by atoms with Gasteiger partial charge in [0.1, 0.15) is 0 Å². The van der Waals surface area contributed by atoms with Crippen LogP contribution in [-0.2, 0) is 0 Å². The lowest BCUT2D eigenvalue weighted by Crippen LogP contribution is -2.46. The molecule has 0 aromatic heterocycles. The zero-order valence-electron chi connectivity index (χ0n) is 9.26. The number of nitrogens with two attached hydrogens (primary N) is 1. The maximum atomic E-state index is 13.0.